The van der Waals surface area contributed by atoms with Crippen molar-refractivity contribution in [1.82, 2.24) is 4.98 Å². The first kappa shape index (κ1) is 9.93. The van der Waals surface area contributed by atoms with Gasteiger partial charge in [0.15, 0.2) is 5.69 Å². The number of hydrogen-bond donors (Lipinski definition) is 0. The van der Waals surface area contributed by atoms with Gasteiger partial charge in [-0.05, 0) is 30.7 Å². The van der Waals surface area contributed by atoms with Gasteiger partial charge in [0, 0.05) is 5.56 Å². The molecule has 1 heterocycles. The summed E-state index contributed by atoms with van der Waals surface area (Å²) in [5, 5.41) is -0.599. The van der Waals surface area contributed by atoms with E-state index in [2.05, 4.69) is 4.98 Å². The zero-order valence-corrected chi connectivity index (χ0v) is 8.78. The summed E-state index contributed by atoms with van der Waals surface area (Å²) in [4.78, 5) is 15.0. The van der Waals surface area contributed by atoms with E-state index in [0.717, 1.165) is 5.56 Å². The molecule has 3 nitrogen and oxygen atoms in total. The van der Waals surface area contributed by atoms with Crippen molar-refractivity contribution in [3.63, 3.8) is 0 Å². The second kappa shape index (κ2) is 3.87. The van der Waals surface area contributed by atoms with E-state index in [0.29, 0.717) is 11.7 Å². The molecule has 0 aliphatic rings. The first-order chi connectivity index (χ1) is 7.18. The predicted molar refractivity (Wildman–Crippen MR) is 56.9 cm³/mol. The molecule has 1 aromatic carbocycles. The lowest BCUT2D eigenvalue weighted by atomic mass is 10.2. The summed E-state index contributed by atoms with van der Waals surface area (Å²) in [6.45, 7) is 1.66. The number of benzene rings is 1. The second-order valence-corrected chi connectivity index (χ2v) is 3.41. The highest BCUT2D eigenvalue weighted by molar-refractivity contribution is 6.67. The summed E-state index contributed by atoms with van der Waals surface area (Å²) in [6.07, 6.45) is 0. The Kier molecular flexibility index (Phi) is 2.56. The van der Waals surface area contributed by atoms with E-state index < -0.39 is 5.24 Å². The standard InChI is InChI=1S/C11H8ClNO2/c1-7-9(10(12)14)13-11(15-7)8-5-3-2-4-6-8/h2-6H,1H3. The number of halogens is 1. The Morgan fingerprint density at radius 1 is 1.33 bits per heavy atom. The Balaban J connectivity index is 2.48. The number of aryl methyl sites for hydroxylation is 1. The van der Waals surface area contributed by atoms with Crippen molar-refractivity contribution in [3.8, 4) is 11.5 Å². The molecule has 2 rings (SSSR count). The second-order valence-electron chi connectivity index (χ2n) is 3.06. The maximum absolute atomic E-state index is 11.0. The molecule has 0 saturated heterocycles. The molecule has 76 valence electrons. The molecule has 0 aliphatic carbocycles. The number of carbonyl (C=O) groups is 1. The minimum atomic E-state index is -0.599. The first-order valence-electron chi connectivity index (χ1n) is 4.41. The Hall–Kier alpha value is -1.61. The van der Waals surface area contributed by atoms with Gasteiger partial charge in [0.05, 0.1) is 0 Å². The molecule has 0 aliphatic heterocycles. The van der Waals surface area contributed by atoms with Crippen molar-refractivity contribution in [3.05, 3.63) is 41.8 Å². The summed E-state index contributed by atoms with van der Waals surface area (Å²) in [5.74, 6) is 0.853. The molecule has 2 aromatic rings. The highest BCUT2D eigenvalue weighted by Crippen LogP contribution is 2.21. The van der Waals surface area contributed by atoms with Gasteiger partial charge in [0.25, 0.3) is 5.24 Å². The molecular weight excluding hydrogens is 214 g/mol. The van der Waals surface area contributed by atoms with Crippen LogP contribution in [-0.4, -0.2) is 10.2 Å². The Morgan fingerprint density at radius 2 is 2.00 bits per heavy atom. The van der Waals surface area contributed by atoms with Crippen molar-refractivity contribution < 1.29 is 9.21 Å². The number of hydrogen-bond acceptors (Lipinski definition) is 3. The summed E-state index contributed by atoms with van der Waals surface area (Å²) >= 11 is 5.35. The van der Waals surface area contributed by atoms with Gasteiger partial charge in [-0.1, -0.05) is 18.2 Å². The van der Waals surface area contributed by atoms with Crippen LogP contribution in [0, 0.1) is 6.92 Å². The number of carbonyl (C=O) groups excluding carboxylic acids is 1. The summed E-state index contributed by atoms with van der Waals surface area (Å²) in [6, 6.07) is 9.35. The topological polar surface area (TPSA) is 43.1 Å². The monoisotopic (exact) mass is 221 g/mol. The quantitative estimate of drug-likeness (QED) is 0.732. The summed E-state index contributed by atoms with van der Waals surface area (Å²) in [5.41, 5.74) is 1.00. The fourth-order valence-corrected chi connectivity index (χ4v) is 1.46. The van der Waals surface area contributed by atoms with Crippen molar-refractivity contribution >= 4 is 16.8 Å². The Labute approximate surface area is 91.7 Å². The molecule has 0 amide bonds. The van der Waals surface area contributed by atoms with Crippen LogP contribution in [0.5, 0.6) is 0 Å². The SMILES string of the molecule is Cc1oc(-c2ccccc2)nc1C(=O)Cl. The summed E-state index contributed by atoms with van der Waals surface area (Å²) in [7, 11) is 0. The number of nitrogens with zero attached hydrogens (tertiary/aromatic N) is 1. The summed E-state index contributed by atoms with van der Waals surface area (Å²) < 4.78 is 5.35. The van der Waals surface area contributed by atoms with Crippen molar-refractivity contribution in [2.45, 2.75) is 6.92 Å². The number of rotatable bonds is 2. The van der Waals surface area contributed by atoms with E-state index in [1.807, 2.05) is 30.3 Å². The van der Waals surface area contributed by atoms with Crippen molar-refractivity contribution in [2.75, 3.05) is 0 Å². The molecule has 0 bridgehead atoms. The third-order valence-electron chi connectivity index (χ3n) is 2.00. The molecule has 4 heteroatoms. The van der Waals surface area contributed by atoms with Gasteiger partial charge >= 0.3 is 0 Å². The zero-order chi connectivity index (χ0) is 10.8. The molecular formula is C11H8ClNO2. The fraction of sp³-hybridized carbons (Fsp3) is 0.0909. The minimum Gasteiger partial charge on any atom is -0.441 e. The highest BCUT2D eigenvalue weighted by atomic mass is 35.5. The molecule has 0 atom stereocenters. The van der Waals surface area contributed by atoms with Crippen LogP contribution in [0.4, 0.5) is 0 Å². The van der Waals surface area contributed by atoms with Crippen molar-refractivity contribution in [2.24, 2.45) is 0 Å². The van der Waals surface area contributed by atoms with Gasteiger partial charge in [-0.2, -0.15) is 0 Å². The largest absolute Gasteiger partial charge is 0.441 e. The van der Waals surface area contributed by atoms with Gasteiger partial charge in [-0.3, -0.25) is 4.79 Å². The van der Waals surface area contributed by atoms with Gasteiger partial charge < -0.3 is 4.42 Å². The van der Waals surface area contributed by atoms with E-state index >= 15 is 0 Å². The lowest BCUT2D eigenvalue weighted by molar-refractivity contribution is 0.107. The number of aromatic nitrogens is 1. The minimum absolute atomic E-state index is 0.176. The smallest absolute Gasteiger partial charge is 0.274 e. The Morgan fingerprint density at radius 3 is 2.53 bits per heavy atom. The van der Waals surface area contributed by atoms with Crippen LogP contribution >= 0.6 is 11.6 Å². The third-order valence-corrected chi connectivity index (χ3v) is 2.18. The van der Waals surface area contributed by atoms with Gasteiger partial charge in [-0.15, -0.1) is 0 Å². The molecule has 0 saturated carbocycles. The molecule has 15 heavy (non-hydrogen) atoms. The molecule has 0 spiro atoms. The lowest BCUT2D eigenvalue weighted by Crippen LogP contribution is -1.91. The average molecular weight is 222 g/mol. The van der Waals surface area contributed by atoms with Gasteiger partial charge in [0.1, 0.15) is 5.76 Å². The van der Waals surface area contributed by atoms with Crippen LogP contribution in [0.2, 0.25) is 0 Å². The Bertz CT molecular complexity index is 491. The van der Waals surface area contributed by atoms with Crippen LogP contribution in [0.3, 0.4) is 0 Å². The van der Waals surface area contributed by atoms with Gasteiger partial charge in [-0.25, -0.2) is 4.98 Å². The third kappa shape index (κ3) is 1.92. The lowest BCUT2D eigenvalue weighted by Gasteiger charge is -1.91. The maximum Gasteiger partial charge on any atom is 0.274 e. The van der Waals surface area contributed by atoms with Crippen LogP contribution < -0.4 is 0 Å². The molecule has 0 N–H and O–H groups in total. The predicted octanol–water partition coefficient (Wildman–Crippen LogP) is 3.03. The van der Waals surface area contributed by atoms with Crippen LogP contribution in [0.25, 0.3) is 11.5 Å². The first-order valence-corrected chi connectivity index (χ1v) is 4.79. The van der Waals surface area contributed by atoms with Crippen LogP contribution in [0.15, 0.2) is 34.7 Å². The molecule has 0 fully saturated rings. The van der Waals surface area contributed by atoms with Crippen molar-refractivity contribution in [1.29, 1.82) is 0 Å². The average Bonchev–Trinajstić information content (AvgIpc) is 2.62. The fourth-order valence-electron chi connectivity index (χ4n) is 1.28. The maximum atomic E-state index is 11.0. The molecule has 0 unspecified atom stereocenters. The molecule has 1 aromatic heterocycles. The van der Waals surface area contributed by atoms with E-state index in [-0.39, 0.29) is 5.69 Å². The van der Waals surface area contributed by atoms with Crippen LogP contribution in [-0.2, 0) is 0 Å². The van der Waals surface area contributed by atoms with E-state index in [4.69, 9.17) is 16.0 Å². The van der Waals surface area contributed by atoms with Crippen LogP contribution in [0.1, 0.15) is 16.2 Å². The van der Waals surface area contributed by atoms with E-state index in [1.54, 1.807) is 6.92 Å². The van der Waals surface area contributed by atoms with E-state index in [9.17, 15) is 4.79 Å². The highest BCUT2D eigenvalue weighted by Gasteiger charge is 2.15. The normalized spacial score (nSPS) is 10.3. The van der Waals surface area contributed by atoms with Gasteiger partial charge in [0.2, 0.25) is 5.89 Å². The number of oxazole rings is 1. The molecule has 0 radical (unpaired) electrons. The van der Waals surface area contributed by atoms with E-state index in [1.165, 1.54) is 0 Å². The zero-order valence-electron chi connectivity index (χ0n) is 8.03.